The van der Waals surface area contributed by atoms with Crippen LogP contribution in [-0.4, -0.2) is 30.6 Å². The van der Waals surface area contributed by atoms with Crippen molar-refractivity contribution in [3.63, 3.8) is 0 Å². The molecule has 1 saturated carbocycles. The van der Waals surface area contributed by atoms with Crippen molar-refractivity contribution in [1.82, 2.24) is 4.90 Å². The number of hydrogen-bond donors (Lipinski definition) is 1. The first-order chi connectivity index (χ1) is 10.2. The fourth-order valence-corrected chi connectivity index (χ4v) is 3.83. The van der Waals surface area contributed by atoms with Crippen molar-refractivity contribution in [1.29, 1.82) is 0 Å². The molecule has 2 nitrogen and oxygen atoms in total. The van der Waals surface area contributed by atoms with Crippen LogP contribution in [0.5, 0.6) is 0 Å². The number of nitrogens with two attached hydrogens (primary N) is 1. The van der Waals surface area contributed by atoms with Crippen molar-refractivity contribution in [3.05, 3.63) is 35.9 Å². The summed E-state index contributed by atoms with van der Waals surface area (Å²) >= 11 is 0. The van der Waals surface area contributed by atoms with Gasteiger partial charge in [-0.1, -0.05) is 50.1 Å². The number of benzene rings is 1. The number of nitrogens with zero attached hydrogens (tertiary/aromatic N) is 1. The van der Waals surface area contributed by atoms with Gasteiger partial charge in [-0.25, -0.2) is 0 Å². The maximum atomic E-state index is 6.19. The first-order valence-corrected chi connectivity index (χ1v) is 8.65. The molecule has 0 saturated heterocycles. The molecule has 1 aromatic carbocycles. The van der Waals surface area contributed by atoms with Crippen LogP contribution in [0.15, 0.2) is 30.3 Å². The molecule has 2 rings (SSSR count). The summed E-state index contributed by atoms with van der Waals surface area (Å²) in [6.45, 7) is 4.22. The molecule has 118 valence electrons. The van der Waals surface area contributed by atoms with E-state index in [2.05, 4.69) is 49.2 Å². The summed E-state index contributed by atoms with van der Waals surface area (Å²) in [5.41, 5.74) is 7.86. The molecule has 0 aromatic heterocycles. The van der Waals surface area contributed by atoms with Crippen molar-refractivity contribution in [2.45, 2.75) is 57.4 Å². The van der Waals surface area contributed by atoms with Gasteiger partial charge in [-0.3, -0.25) is 4.90 Å². The number of hydrogen-bond acceptors (Lipinski definition) is 2. The maximum absolute atomic E-state index is 6.19. The van der Waals surface area contributed by atoms with Crippen molar-refractivity contribution in [2.24, 2.45) is 11.7 Å². The summed E-state index contributed by atoms with van der Waals surface area (Å²) in [5, 5.41) is 0. The lowest BCUT2D eigenvalue weighted by Crippen LogP contribution is -2.54. The van der Waals surface area contributed by atoms with Crippen molar-refractivity contribution in [2.75, 3.05) is 20.1 Å². The Kier molecular flexibility index (Phi) is 6.25. The molecule has 1 fully saturated rings. The largest absolute Gasteiger partial charge is 0.329 e. The lowest BCUT2D eigenvalue weighted by atomic mass is 9.74. The zero-order valence-electron chi connectivity index (χ0n) is 13.9. The molecule has 0 radical (unpaired) electrons. The summed E-state index contributed by atoms with van der Waals surface area (Å²) in [6, 6.07) is 10.8. The lowest BCUT2D eigenvalue weighted by molar-refractivity contribution is 0.0639. The highest BCUT2D eigenvalue weighted by molar-refractivity contribution is 5.15. The van der Waals surface area contributed by atoms with E-state index in [9.17, 15) is 0 Å². The summed E-state index contributed by atoms with van der Waals surface area (Å²) in [5.74, 6) is 0.942. The van der Waals surface area contributed by atoms with Crippen LogP contribution in [0.2, 0.25) is 0 Å². The monoisotopic (exact) mass is 288 g/mol. The molecule has 0 aliphatic heterocycles. The topological polar surface area (TPSA) is 29.3 Å². The van der Waals surface area contributed by atoms with Crippen LogP contribution < -0.4 is 5.73 Å². The van der Waals surface area contributed by atoms with Gasteiger partial charge in [-0.05, 0) is 50.6 Å². The van der Waals surface area contributed by atoms with Crippen LogP contribution in [0, 0.1) is 5.92 Å². The fourth-order valence-electron chi connectivity index (χ4n) is 3.83. The van der Waals surface area contributed by atoms with Crippen LogP contribution in [0.25, 0.3) is 0 Å². The second-order valence-corrected chi connectivity index (χ2v) is 6.82. The molecule has 2 heteroatoms. The zero-order chi connectivity index (χ0) is 15.1. The quantitative estimate of drug-likeness (QED) is 0.826. The first-order valence-electron chi connectivity index (χ1n) is 8.65. The molecule has 0 amide bonds. The van der Waals surface area contributed by atoms with Crippen LogP contribution in [-0.2, 0) is 6.42 Å². The Morgan fingerprint density at radius 1 is 1.19 bits per heavy atom. The predicted octanol–water partition coefficient (Wildman–Crippen LogP) is 3.85. The standard InChI is InChI=1S/C19H32N2/c1-3-7-17-10-13-19(16-20,14-11-17)21(2)15-12-18-8-5-4-6-9-18/h4-6,8-9,17H,3,7,10-16,20H2,1-2H3. The minimum Gasteiger partial charge on any atom is -0.329 e. The Morgan fingerprint density at radius 2 is 1.86 bits per heavy atom. The van der Waals surface area contributed by atoms with Crippen molar-refractivity contribution >= 4 is 0 Å². The van der Waals surface area contributed by atoms with Gasteiger partial charge in [0.25, 0.3) is 0 Å². The van der Waals surface area contributed by atoms with Crippen molar-refractivity contribution in [3.8, 4) is 0 Å². The summed E-state index contributed by atoms with van der Waals surface area (Å²) in [7, 11) is 2.27. The molecule has 2 N–H and O–H groups in total. The highest BCUT2D eigenvalue weighted by atomic mass is 15.2. The van der Waals surface area contributed by atoms with E-state index in [0.717, 1.165) is 25.4 Å². The molecule has 1 aliphatic carbocycles. The molecule has 1 aromatic rings. The molecule has 21 heavy (non-hydrogen) atoms. The van der Waals surface area contributed by atoms with Gasteiger partial charge in [0.15, 0.2) is 0 Å². The van der Waals surface area contributed by atoms with Gasteiger partial charge in [0.1, 0.15) is 0 Å². The average Bonchev–Trinajstić information content (AvgIpc) is 2.55. The Labute approximate surface area is 130 Å². The van der Waals surface area contributed by atoms with E-state index in [4.69, 9.17) is 5.73 Å². The highest BCUT2D eigenvalue weighted by Gasteiger charge is 2.36. The Balaban J connectivity index is 1.88. The fraction of sp³-hybridized carbons (Fsp3) is 0.684. The summed E-state index contributed by atoms with van der Waals surface area (Å²) < 4.78 is 0. The zero-order valence-corrected chi connectivity index (χ0v) is 13.9. The molecule has 0 heterocycles. The summed E-state index contributed by atoms with van der Waals surface area (Å²) in [6.07, 6.45) is 9.12. The van der Waals surface area contributed by atoms with Gasteiger partial charge in [-0.2, -0.15) is 0 Å². The second kappa shape index (κ2) is 7.95. The molecule has 0 bridgehead atoms. The maximum Gasteiger partial charge on any atom is 0.0329 e. The third kappa shape index (κ3) is 4.31. The minimum absolute atomic E-state index is 0.249. The molecule has 0 spiro atoms. The predicted molar refractivity (Wildman–Crippen MR) is 91.4 cm³/mol. The van der Waals surface area contributed by atoms with E-state index in [1.165, 1.54) is 44.1 Å². The normalized spacial score (nSPS) is 26.2. The van der Waals surface area contributed by atoms with Crippen LogP contribution in [0.4, 0.5) is 0 Å². The number of likely N-dealkylation sites (N-methyl/N-ethyl adjacent to an activating group) is 1. The van der Waals surface area contributed by atoms with Crippen molar-refractivity contribution < 1.29 is 0 Å². The number of rotatable bonds is 7. The van der Waals surface area contributed by atoms with Gasteiger partial charge in [0.2, 0.25) is 0 Å². The van der Waals surface area contributed by atoms with Gasteiger partial charge < -0.3 is 5.73 Å². The van der Waals surface area contributed by atoms with E-state index in [-0.39, 0.29) is 5.54 Å². The minimum atomic E-state index is 0.249. The molecule has 0 atom stereocenters. The van der Waals surface area contributed by atoms with Crippen LogP contribution >= 0.6 is 0 Å². The summed E-state index contributed by atoms with van der Waals surface area (Å²) in [4.78, 5) is 2.54. The van der Waals surface area contributed by atoms with E-state index in [0.29, 0.717) is 0 Å². The van der Waals surface area contributed by atoms with E-state index >= 15 is 0 Å². The van der Waals surface area contributed by atoms with Crippen LogP contribution in [0.1, 0.15) is 51.0 Å². The smallest absolute Gasteiger partial charge is 0.0329 e. The lowest BCUT2D eigenvalue weighted by Gasteiger charge is -2.46. The van der Waals surface area contributed by atoms with Gasteiger partial charge >= 0.3 is 0 Å². The van der Waals surface area contributed by atoms with Crippen LogP contribution in [0.3, 0.4) is 0 Å². The second-order valence-electron chi connectivity index (χ2n) is 6.82. The molecular weight excluding hydrogens is 256 g/mol. The highest BCUT2D eigenvalue weighted by Crippen LogP contribution is 2.37. The van der Waals surface area contributed by atoms with Gasteiger partial charge in [-0.15, -0.1) is 0 Å². The average molecular weight is 288 g/mol. The third-order valence-corrected chi connectivity index (χ3v) is 5.50. The van der Waals surface area contributed by atoms with Gasteiger partial charge in [0.05, 0.1) is 0 Å². The Bertz CT molecular complexity index is 393. The van der Waals surface area contributed by atoms with E-state index in [1.807, 2.05) is 0 Å². The third-order valence-electron chi connectivity index (χ3n) is 5.50. The Hall–Kier alpha value is -0.860. The molecular formula is C19H32N2. The van der Waals surface area contributed by atoms with E-state index in [1.54, 1.807) is 0 Å². The molecule has 1 aliphatic rings. The SMILES string of the molecule is CCCC1CCC(CN)(N(C)CCc2ccccc2)CC1. The van der Waals surface area contributed by atoms with Gasteiger partial charge in [0, 0.05) is 18.6 Å². The van der Waals surface area contributed by atoms with E-state index < -0.39 is 0 Å². The Morgan fingerprint density at radius 3 is 2.43 bits per heavy atom. The first kappa shape index (κ1) is 16.5. The molecule has 0 unspecified atom stereocenters.